The summed E-state index contributed by atoms with van der Waals surface area (Å²) in [7, 11) is 0. The number of hydrogen-bond acceptors (Lipinski definition) is 3. The fraction of sp³-hybridized carbons (Fsp3) is 0.333. The average molecular weight is 424 g/mol. The zero-order chi connectivity index (χ0) is 21.3. The highest BCUT2D eigenvalue weighted by Crippen LogP contribution is 2.35. The Labute approximate surface area is 182 Å². The van der Waals surface area contributed by atoms with E-state index in [0.717, 1.165) is 29.8 Å². The number of carbonyl (C=O) groups is 1. The van der Waals surface area contributed by atoms with Crippen LogP contribution in [0.4, 0.5) is 0 Å². The first-order valence-corrected chi connectivity index (χ1v) is 10.7. The molecule has 4 rings (SSSR count). The molecule has 1 heterocycles. The molecular formula is C24H26ClN3O2. The van der Waals surface area contributed by atoms with Crippen molar-refractivity contribution in [2.75, 3.05) is 0 Å². The van der Waals surface area contributed by atoms with E-state index in [0.29, 0.717) is 23.2 Å². The Morgan fingerprint density at radius 3 is 2.43 bits per heavy atom. The molecule has 0 unspecified atom stereocenters. The summed E-state index contributed by atoms with van der Waals surface area (Å²) in [4.78, 5) is 14.8. The number of amides is 1. The van der Waals surface area contributed by atoms with Crippen LogP contribution >= 0.6 is 11.6 Å². The third-order valence-corrected chi connectivity index (χ3v) is 5.58. The standard InChI is InChI=1S/C24H26ClN3O2/c1-16(2)27(23(29)18-9-10-18)15-22-17(3)26-28(20-7-5-4-6-8-20)24(22)30-21-13-11-19(25)12-14-21/h4-8,11-14,16,18H,9-10,15H2,1-3H3. The quantitative estimate of drug-likeness (QED) is 0.484. The number of aryl methyl sites for hydroxylation is 1. The summed E-state index contributed by atoms with van der Waals surface area (Å²) in [5.41, 5.74) is 2.66. The van der Waals surface area contributed by atoms with Gasteiger partial charge in [-0.2, -0.15) is 5.10 Å². The average Bonchev–Trinajstić information content (AvgIpc) is 3.54. The van der Waals surface area contributed by atoms with Crippen molar-refractivity contribution < 1.29 is 9.53 Å². The van der Waals surface area contributed by atoms with Gasteiger partial charge in [-0.05, 0) is 70.0 Å². The van der Waals surface area contributed by atoms with Crippen molar-refractivity contribution in [2.45, 2.75) is 46.2 Å². The SMILES string of the molecule is Cc1nn(-c2ccccc2)c(Oc2ccc(Cl)cc2)c1CN(C(=O)C1CC1)C(C)C. The fourth-order valence-electron chi connectivity index (χ4n) is 3.43. The Balaban J connectivity index is 1.75. The van der Waals surface area contributed by atoms with Gasteiger partial charge in [-0.1, -0.05) is 29.8 Å². The summed E-state index contributed by atoms with van der Waals surface area (Å²) in [6.45, 7) is 6.53. The van der Waals surface area contributed by atoms with E-state index in [-0.39, 0.29) is 17.9 Å². The molecule has 1 aliphatic rings. The predicted molar refractivity (Wildman–Crippen MR) is 118 cm³/mol. The van der Waals surface area contributed by atoms with Gasteiger partial charge in [0.05, 0.1) is 23.5 Å². The van der Waals surface area contributed by atoms with E-state index in [9.17, 15) is 4.79 Å². The van der Waals surface area contributed by atoms with E-state index in [2.05, 4.69) is 13.8 Å². The molecule has 1 saturated carbocycles. The van der Waals surface area contributed by atoms with E-state index in [1.807, 2.05) is 54.3 Å². The van der Waals surface area contributed by atoms with Crippen LogP contribution in [0.1, 0.15) is 37.9 Å². The molecular weight excluding hydrogens is 398 g/mol. The Hall–Kier alpha value is -2.79. The van der Waals surface area contributed by atoms with Crippen LogP contribution in [0, 0.1) is 12.8 Å². The minimum Gasteiger partial charge on any atom is -0.439 e. The van der Waals surface area contributed by atoms with Crippen LogP contribution < -0.4 is 4.74 Å². The lowest BCUT2D eigenvalue weighted by molar-refractivity contribution is -0.134. The van der Waals surface area contributed by atoms with Crippen LogP contribution in [0.2, 0.25) is 5.02 Å². The third kappa shape index (κ3) is 4.36. The molecule has 5 nitrogen and oxygen atoms in total. The molecule has 1 fully saturated rings. The first kappa shape index (κ1) is 20.5. The molecule has 156 valence electrons. The smallest absolute Gasteiger partial charge is 0.227 e. The lowest BCUT2D eigenvalue weighted by Crippen LogP contribution is -2.37. The van der Waals surface area contributed by atoms with E-state index in [4.69, 9.17) is 21.4 Å². The van der Waals surface area contributed by atoms with E-state index < -0.39 is 0 Å². The molecule has 0 radical (unpaired) electrons. The van der Waals surface area contributed by atoms with Gasteiger partial charge in [0.1, 0.15) is 5.75 Å². The maximum atomic E-state index is 12.9. The summed E-state index contributed by atoms with van der Waals surface area (Å²) in [5, 5.41) is 5.40. The summed E-state index contributed by atoms with van der Waals surface area (Å²) < 4.78 is 8.12. The molecule has 1 aromatic heterocycles. The van der Waals surface area contributed by atoms with Crippen LogP contribution in [0.15, 0.2) is 54.6 Å². The number of aromatic nitrogens is 2. The van der Waals surface area contributed by atoms with Crippen molar-refractivity contribution in [1.29, 1.82) is 0 Å². The van der Waals surface area contributed by atoms with E-state index in [1.165, 1.54) is 0 Å². The van der Waals surface area contributed by atoms with Crippen LogP contribution in [-0.4, -0.2) is 26.6 Å². The predicted octanol–water partition coefficient (Wildman–Crippen LogP) is 5.77. The summed E-state index contributed by atoms with van der Waals surface area (Å²) >= 11 is 6.03. The monoisotopic (exact) mass is 423 g/mol. The topological polar surface area (TPSA) is 47.4 Å². The van der Waals surface area contributed by atoms with Crippen molar-refractivity contribution in [3.8, 4) is 17.3 Å². The fourth-order valence-corrected chi connectivity index (χ4v) is 3.56. The highest BCUT2D eigenvalue weighted by molar-refractivity contribution is 6.30. The number of ether oxygens (including phenoxy) is 1. The number of hydrogen-bond donors (Lipinski definition) is 0. The first-order chi connectivity index (χ1) is 14.4. The number of carbonyl (C=O) groups excluding carboxylic acids is 1. The minimum atomic E-state index is 0.0981. The first-order valence-electron chi connectivity index (χ1n) is 10.3. The lowest BCUT2D eigenvalue weighted by atomic mass is 10.2. The van der Waals surface area contributed by atoms with Crippen LogP contribution in [-0.2, 0) is 11.3 Å². The Morgan fingerprint density at radius 1 is 1.17 bits per heavy atom. The van der Waals surface area contributed by atoms with Crippen molar-refractivity contribution in [3.63, 3.8) is 0 Å². The number of para-hydroxylation sites is 1. The normalized spacial score (nSPS) is 13.5. The van der Waals surface area contributed by atoms with Gasteiger partial charge >= 0.3 is 0 Å². The second-order valence-electron chi connectivity index (χ2n) is 8.01. The lowest BCUT2D eigenvalue weighted by Gasteiger charge is -2.27. The van der Waals surface area contributed by atoms with Gasteiger partial charge in [-0.25, -0.2) is 4.68 Å². The van der Waals surface area contributed by atoms with E-state index in [1.54, 1.807) is 16.8 Å². The number of nitrogens with zero attached hydrogens (tertiary/aromatic N) is 3. The maximum Gasteiger partial charge on any atom is 0.227 e. The van der Waals surface area contributed by atoms with Gasteiger partial charge < -0.3 is 9.64 Å². The van der Waals surface area contributed by atoms with Crippen LogP contribution in [0.5, 0.6) is 11.6 Å². The highest BCUT2D eigenvalue weighted by atomic mass is 35.5. The maximum absolute atomic E-state index is 12.9. The largest absolute Gasteiger partial charge is 0.439 e. The Bertz CT molecular complexity index is 1020. The molecule has 0 spiro atoms. The van der Waals surface area contributed by atoms with Crippen molar-refractivity contribution in [3.05, 3.63) is 70.9 Å². The summed E-state index contributed by atoms with van der Waals surface area (Å²) in [6, 6.07) is 17.2. The number of rotatable bonds is 7. The number of benzene rings is 2. The van der Waals surface area contributed by atoms with Crippen molar-refractivity contribution >= 4 is 17.5 Å². The van der Waals surface area contributed by atoms with Crippen LogP contribution in [0.3, 0.4) is 0 Å². The van der Waals surface area contributed by atoms with Crippen molar-refractivity contribution in [1.82, 2.24) is 14.7 Å². The molecule has 0 atom stereocenters. The highest BCUT2D eigenvalue weighted by Gasteiger charge is 2.35. The molecule has 6 heteroatoms. The zero-order valence-corrected chi connectivity index (χ0v) is 18.3. The Morgan fingerprint density at radius 2 is 1.83 bits per heavy atom. The van der Waals surface area contributed by atoms with Gasteiger partial charge in [-0.15, -0.1) is 0 Å². The second kappa shape index (κ2) is 8.52. The second-order valence-corrected chi connectivity index (χ2v) is 8.44. The van der Waals surface area contributed by atoms with Crippen molar-refractivity contribution in [2.24, 2.45) is 5.92 Å². The molecule has 0 aliphatic heterocycles. The van der Waals surface area contributed by atoms with Crippen LogP contribution in [0.25, 0.3) is 5.69 Å². The van der Waals surface area contributed by atoms with Gasteiger partial charge in [0.15, 0.2) is 0 Å². The minimum absolute atomic E-state index is 0.0981. The Kier molecular flexibility index (Phi) is 5.82. The molecule has 0 N–H and O–H groups in total. The van der Waals surface area contributed by atoms with Gasteiger partial charge in [0.25, 0.3) is 0 Å². The summed E-state index contributed by atoms with van der Waals surface area (Å²) in [5.74, 6) is 1.67. The molecule has 2 aromatic carbocycles. The number of halogens is 1. The third-order valence-electron chi connectivity index (χ3n) is 5.33. The molecule has 1 amide bonds. The van der Waals surface area contributed by atoms with Gasteiger partial charge in [-0.3, -0.25) is 4.79 Å². The van der Waals surface area contributed by atoms with Gasteiger partial charge in [0, 0.05) is 17.0 Å². The molecule has 3 aromatic rings. The zero-order valence-electron chi connectivity index (χ0n) is 17.5. The molecule has 0 saturated heterocycles. The summed E-state index contributed by atoms with van der Waals surface area (Å²) in [6.07, 6.45) is 1.97. The molecule has 30 heavy (non-hydrogen) atoms. The molecule has 0 bridgehead atoms. The molecule has 1 aliphatic carbocycles. The van der Waals surface area contributed by atoms with E-state index >= 15 is 0 Å². The van der Waals surface area contributed by atoms with Gasteiger partial charge in [0.2, 0.25) is 11.8 Å².